The number of rotatable bonds is 1. The second kappa shape index (κ2) is 3.50. The Morgan fingerprint density at radius 3 is 2.94 bits per heavy atom. The number of halogens is 1. The van der Waals surface area contributed by atoms with Crippen LogP contribution in [0.2, 0.25) is 4.34 Å². The molecule has 0 saturated heterocycles. The zero-order chi connectivity index (χ0) is 11.1. The Hall–Kier alpha value is -1.52. The fraction of sp³-hybridized carbons (Fsp3) is 0. The van der Waals surface area contributed by atoms with Gasteiger partial charge in [-0.3, -0.25) is 4.40 Å². The summed E-state index contributed by atoms with van der Waals surface area (Å²) >= 11 is 7.36. The number of hydrogen-bond donors (Lipinski definition) is 1. The fourth-order valence-electron chi connectivity index (χ4n) is 1.62. The number of hydrogen-bond acceptors (Lipinski definition) is 3. The highest BCUT2D eigenvalue weighted by Crippen LogP contribution is 2.31. The molecule has 0 saturated carbocycles. The highest BCUT2D eigenvalue weighted by molar-refractivity contribution is 7.19. The van der Waals surface area contributed by atoms with Crippen LogP contribution >= 0.6 is 22.9 Å². The molecule has 5 heteroatoms. The van der Waals surface area contributed by atoms with Crippen LogP contribution in [0.5, 0.6) is 5.75 Å². The van der Waals surface area contributed by atoms with E-state index in [0.717, 1.165) is 15.0 Å². The zero-order valence-corrected chi connectivity index (χ0v) is 9.66. The maximum Gasteiger partial charge on any atom is 0.154 e. The molecular weight excluding hydrogens is 244 g/mol. The lowest BCUT2D eigenvalue weighted by Crippen LogP contribution is -1.86. The van der Waals surface area contributed by atoms with Crippen molar-refractivity contribution in [3.05, 3.63) is 41.0 Å². The number of imidazole rings is 1. The van der Waals surface area contributed by atoms with Gasteiger partial charge in [0.05, 0.1) is 15.4 Å². The Balaban J connectivity index is 2.29. The van der Waals surface area contributed by atoms with Crippen molar-refractivity contribution in [1.29, 1.82) is 0 Å². The van der Waals surface area contributed by atoms with Gasteiger partial charge >= 0.3 is 0 Å². The van der Waals surface area contributed by atoms with Gasteiger partial charge in [0, 0.05) is 6.20 Å². The molecule has 0 atom stereocenters. The van der Waals surface area contributed by atoms with Crippen LogP contribution in [0.15, 0.2) is 36.7 Å². The van der Waals surface area contributed by atoms with Crippen LogP contribution in [0.1, 0.15) is 0 Å². The third-order valence-corrected chi connectivity index (χ3v) is 3.57. The predicted molar refractivity (Wildman–Crippen MR) is 65.2 cm³/mol. The Bertz CT molecular complexity index is 659. The first-order valence-corrected chi connectivity index (χ1v) is 5.86. The molecule has 80 valence electrons. The van der Waals surface area contributed by atoms with E-state index in [4.69, 9.17) is 11.6 Å². The number of nitrogens with zero attached hydrogens (tertiary/aromatic N) is 2. The van der Waals surface area contributed by atoms with Crippen molar-refractivity contribution in [2.45, 2.75) is 0 Å². The molecule has 0 amide bonds. The molecule has 1 N–H and O–H groups in total. The Kier molecular flexibility index (Phi) is 2.12. The van der Waals surface area contributed by atoms with Crippen molar-refractivity contribution in [1.82, 2.24) is 9.38 Å². The van der Waals surface area contributed by atoms with Gasteiger partial charge in [0.15, 0.2) is 5.82 Å². The number of pyridine rings is 1. The second-order valence-corrected chi connectivity index (χ2v) is 5.05. The lowest BCUT2D eigenvalue weighted by atomic mass is 10.4. The number of aromatic hydroxyl groups is 1. The molecule has 3 aromatic heterocycles. The van der Waals surface area contributed by atoms with E-state index in [2.05, 4.69) is 4.98 Å². The first kappa shape index (κ1) is 9.69. The third kappa shape index (κ3) is 1.38. The average molecular weight is 251 g/mol. The van der Waals surface area contributed by atoms with Gasteiger partial charge in [-0.05, 0) is 24.3 Å². The largest absolute Gasteiger partial charge is 0.506 e. The molecule has 0 fully saturated rings. The Morgan fingerprint density at radius 1 is 1.31 bits per heavy atom. The summed E-state index contributed by atoms with van der Waals surface area (Å²) in [5.41, 5.74) is 0.696. The predicted octanol–water partition coefficient (Wildman–Crippen LogP) is 3.42. The summed E-state index contributed by atoms with van der Waals surface area (Å²) in [6.45, 7) is 0. The van der Waals surface area contributed by atoms with Gasteiger partial charge < -0.3 is 5.11 Å². The van der Waals surface area contributed by atoms with Crippen LogP contribution in [0.25, 0.3) is 16.2 Å². The van der Waals surface area contributed by atoms with Crippen molar-refractivity contribution in [2.24, 2.45) is 0 Å². The Morgan fingerprint density at radius 2 is 2.19 bits per heavy atom. The summed E-state index contributed by atoms with van der Waals surface area (Å²) in [6, 6.07) is 7.18. The zero-order valence-electron chi connectivity index (χ0n) is 8.09. The normalized spacial score (nSPS) is 11.1. The first-order chi connectivity index (χ1) is 7.75. The van der Waals surface area contributed by atoms with E-state index in [9.17, 15) is 5.11 Å². The number of aromatic nitrogens is 2. The summed E-state index contributed by atoms with van der Waals surface area (Å²) in [5.74, 6) is 1.02. The minimum absolute atomic E-state index is 0.226. The fourth-order valence-corrected chi connectivity index (χ4v) is 2.66. The summed E-state index contributed by atoms with van der Waals surface area (Å²) in [4.78, 5) is 5.28. The molecule has 3 rings (SSSR count). The monoisotopic (exact) mass is 250 g/mol. The highest BCUT2D eigenvalue weighted by atomic mass is 35.5. The maximum absolute atomic E-state index is 9.65. The van der Waals surface area contributed by atoms with Gasteiger partial charge in [0.25, 0.3) is 0 Å². The summed E-state index contributed by atoms with van der Waals surface area (Å²) < 4.78 is 2.57. The van der Waals surface area contributed by atoms with Crippen molar-refractivity contribution >= 4 is 28.5 Å². The topological polar surface area (TPSA) is 37.5 Å². The van der Waals surface area contributed by atoms with Gasteiger partial charge in [0.2, 0.25) is 0 Å². The molecule has 3 nitrogen and oxygen atoms in total. The molecule has 16 heavy (non-hydrogen) atoms. The molecule has 0 aliphatic rings. The maximum atomic E-state index is 9.65. The van der Waals surface area contributed by atoms with E-state index in [1.54, 1.807) is 18.3 Å². The molecule has 0 aromatic carbocycles. The Labute approximate surface area is 101 Å². The van der Waals surface area contributed by atoms with E-state index in [-0.39, 0.29) is 5.75 Å². The van der Waals surface area contributed by atoms with E-state index in [1.165, 1.54) is 11.3 Å². The smallest absolute Gasteiger partial charge is 0.154 e. The lowest BCUT2D eigenvalue weighted by molar-refractivity contribution is 0.479. The molecule has 0 aliphatic carbocycles. The van der Waals surface area contributed by atoms with Crippen LogP contribution in [-0.2, 0) is 0 Å². The third-order valence-electron chi connectivity index (χ3n) is 2.34. The van der Waals surface area contributed by atoms with Crippen LogP contribution in [-0.4, -0.2) is 14.5 Å². The van der Waals surface area contributed by atoms with Crippen LogP contribution < -0.4 is 0 Å². The van der Waals surface area contributed by atoms with Gasteiger partial charge in [0.1, 0.15) is 11.3 Å². The molecule has 0 unspecified atom stereocenters. The van der Waals surface area contributed by atoms with Crippen molar-refractivity contribution in [3.63, 3.8) is 0 Å². The molecule has 0 bridgehead atoms. The van der Waals surface area contributed by atoms with Crippen molar-refractivity contribution < 1.29 is 5.11 Å². The van der Waals surface area contributed by atoms with Crippen molar-refractivity contribution in [3.8, 4) is 16.5 Å². The van der Waals surface area contributed by atoms with Crippen LogP contribution in [0.4, 0.5) is 0 Å². The molecule has 0 aliphatic heterocycles. The lowest BCUT2D eigenvalue weighted by Gasteiger charge is -1.99. The minimum atomic E-state index is 0.226. The molecule has 0 radical (unpaired) electrons. The van der Waals surface area contributed by atoms with Gasteiger partial charge in [-0.2, -0.15) is 0 Å². The number of fused-ring (bicyclic) bond motifs is 1. The van der Waals surface area contributed by atoms with E-state index in [0.29, 0.717) is 5.52 Å². The van der Waals surface area contributed by atoms with Gasteiger partial charge in [-0.1, -0.05) is 11.6 Å². The second-order valence-electron chi connectivity index (χ2n) is 3.33. The molecular formula is C11H7ClN2OS. The molecule has 3 aromatic rings. The van der Waals surface area contributed by atoms with E-state index < -0.39 is 0 Å². The highest BCUT2D eigenvalue weighted by Gasteiger charge is 2.10. The van der Waals surface area contributed by atoms with Crippen molar-refractivity contribution in [2.75, 3.05) is 0 Å². The molecule has 3 heterocycles. The summed E-state index contributed by atoms with van der Waals surface area (Å²) in [6.07, 6.45) is 3.52. The standard InChI is InChI=1S/C11H7ClN2OS/c12-10-4-3-9(16-10)11-13-6-7-8(15)2-1-5-14(7)11/h1-6,15H. The number of thiophene rings is 1. The van der Waals surface area contributed by atoms with Crippen LogP contribution in [0.3, 0.4) is 0 Å². The van der Waals surface area contributed by atoms with E-state index in [1.807, 2.05) is 22.7 Å². The van der Waals surface area contributed by atoms with Crippen LogP contribution in [0, 0.1) is 0 Å². The SMILES string of the molecule is Oc1cccn2c(-c3ccc(Cl)s3)ncc12. The minimum Gasteiger partial charge on any atom is -0.506 e. The molecule has 0 spiro atoms. The summed E-state index contributed by atoms with van der Waals surface area (Å²) in [7, 11) is 0. The van der Waals surface area contributed by atoms with Gasteiger partial charge in [-0.25, -0.2) is 4.98 Å². The van der Waals surface area contributed by atoms with Gasteiger partial charge in [-0.15, -0.1) is 11.3 Å². The first-order valence-electron chi connectivity index (χ1n) is 4.66. The summed E-state index contributed by atoms with van der Waals surface area (Å²) in [5, 5.41) is 9.65. The van der Waals surface area contributed by atoms with E-state index >= 15 is 0 Å². The average Bonchev–Trinajstić information content (AvgIpc) is 2.84. The quantitative estimate of drug-likeness (QED) is 0.719.